The Kier molecular flexibility index (Phi) is 2.91. The summed E-state index contributed by atoms with van der Waals surface area (Å²) in [5, 5.41) is 9.36. The van der Waals surface area contributed by atoms with Crippen LogP contribution in [0.3, 0.4) is 0 Å². The van der Waals surface area contributed by atoms with Crippen LogP contribution in [0, 0.1) is 5.82 Å². The van der Waals surface area contributed by atoms with Gasteiger partial charge in [0, 0.05) is 23.2 Å². The van der Waals surface area contributed by atoms with Gasteiger partial charge in [-0.1, -0.05) is 0 Å². The first-order valence-corrected chi connectivity index (χ1v) is 4.94. The van der Waals surface area contributed by atoms with Gasteiger partial charge in [-0.15, -0.1) is 0 Å². The number of methoxy groups -OCH3 is 1. The number of hydrogen-bond acceptors (Lipinski definition) is 3. The summed E-state index contributed by atoms with van der Waals surface area (Å²) >= 11 is 0. The number of benzene rings is 1. The lowest BCUT2D eigenvalue weighted by molar-refractivity contribution is -0.136. The van der Waals surface area contributed by atoms with Gasteiger partial charge in [0.1, 0.15) is 11.6 Å². The first-order chi connectivity index (χ1) is 8.11. The maximum atomic E-state index is 13.0. The zero-order chi connectivity index (χ0) is 12.4. The van der Waals surface area contributed by atoms with Gasteiger partial charge < -0.3 is 9.84 Å². The number of carbonyl (C=O) groups is 1. The van der Waals surface area contributed by atoms with Crippen molar-refractivity contribution in [2.75, 3.05) is 7.11 Å². The van der Waals surface area contributed by atoms with E-state index in [0.717, 1.165) is 0 Å². The second-order valence-electron chi connectivity index (χ2n) is 3.55. The van der Waals surface area contributed by atoms with E-state index < -0.39 is 11.8 Å². The van der Waals surface area contributed by atoms with Crippen molar-refractivity contribution in [1.82, 2.24) is 4.98 Å². The number of rotatable bonds is 3. The predicted octanol–water partition coefficient (Wildman–Crippen LogP) is 2.01. The zero-order valence-corrected chi connectivity index (χ0v) is 9.11. The summed E-state index contributed by atoms with van der Waals surface area (Å²) in [6.45, 7) is 0. The molecule has 4 nitrogen and oxygen atoms in total. The fraction of sp³-hybridized carbons (Fsp3) is 0.167. The SMILES string of the molecule is COc1c(CC(=O)O)cnc2cc(F)ccc12. The first-order valence-electron chi connectivity index (χ1n) is 4.94. The number of halogens is 1. The summed E-state index contributed by atoms with van der Waals surface area (Å²) in [5.74, 6) is -0.929. The molecule has 1 aromatic heterocycles. The summed E-state index contributed by atoms with van der Waals surface area (Å²) in [4.78, 5) is 14.7. The molecule has 0 amide bonds. The molecule has 1 N–H and O–H groups in total. The Labute approximate surface area is 96.7 Å². The number of carboxylic acids is 1. The van der Waals surface area contributed by atoms with E-state index in [-0.39, 0.29) is 6.42 Å². The largest absolute Gasteiger partial charge is 0.496 e. The molecule has 0 aliphatic carbocycles. The van der Waals surface area contributed by atoms with Crippen molar-refractivity contribution >= 4 is 16.9 Å². The zero-order valence-electron chi connectivity index (χ0n) is 9.11. The second-order valence-corrected chi connectivity index (χ2v) is 3.55. The average molecular weight is 235 g/mol. The van der Waals surface area contributed by atoms with E-state index >= 15 is 0 Å². The lowest BCUT2D eigenvalue weighted by atomic mass is 10.1. The van der Waals surface area contributed by atoms with Crippen molar-refractivity contribution < 1.29 is 19.0 Å². The predicted molar refractivity (Wildman–Crippen MR) is 59.6 cm³/mol. The number of fused-ring (bicyclic) bond motifs is 1. The summed E-state index contributed by atoms with van der Waals surface area (Å²) in [5.41, 5.74) is 0.912. The van der Waals surface area contributed by atoms with Crippen molar-refractivity contribution in [2.45, 2.75) is 6.42 Å². The van der Waals surface area contributed by atoms with Crippen molar-refractivity contribution in [3.63, 3.8) is 0 Å². The minimum Gasteiger partial charge on any atom is -0.496 e. The fourth-order valence-corrected chi connectivity index (χ4v) is 1.71. The Balaban J connectivity index is 2.64. The summed E-state index contributed by atoms with van der Waals surface area (Å²) in [6, 6.07) is 4.10. The van der Waals surface area contributed by atoms with Gasteiger partial charge >= 0.3 is 5.97 Å². The van der Waals surface area contributed by atoms with E-state index in [9.17, 15) is 9.18 Å². The molecule has 2 aromatic rings. The van der Waals surface area contributed by atoms with Crippen LogP contribution in [-0.2, 0) is 11.2 Å². The summed E-state index contributed by atoms with van der Waals surface area (Å²) in [7, 11) is 1.45. The molecular formula is C12H10FNO3. The van der Waals surface area contributed by atoms with Crippen molar-refractivity contribution in [2.24, 2.45) is 0 Å². The summed E-state index contributed by atoms with van der Waals surface area (Å²) in [6.07, 6.45) is 1.22. The number of aliphatic carboxylic acids is 1. The lowest BCUT2D eigenvalue weighted by Gasteiger charge is -2.09. The molecule has 0 atom stereocenters. The number of aromatic nitrogens is 1. The monoisotopic (exact) mass is 235 g/mol. The van der Waals surface area contributed by atoms with E-state index in [1.54, 1.807) is 0 Å². The molecule has 0 saturated carbocycles. The Morgan fingerprint density at radius 2 is 2.29 bits per heavy atom. The van der Waals surface area contributed by atoms with Crippen molar-refractivity contribution in [1.29, 1.82) is 0 Å². The molecule has 0 aliphatic rings. The van der Waals surface area contributed by atoms with Gasteiger partial charge in [-0.2, -0.15) is 0 Å². The molecule has 17 heavy (non-hydrogen) atoms. The van der Waals surface area contributed by atoms with Gasteiger partial charge in [-0.25, -0.2) is 4.39 Å². The molecule has 0 fully saturated rings. The fourth-order valence-electron chi connectivity index (χ4n) is 1.71. The molecule has 0 bridgehead atoms. The molecule has 2 rings (SSSR count). The molecule has 5 heteroatoms. The van der Waals surface area contributed by atoms with Gasteiger partial charge in [-0.3, -0.25) is 9.78 Å². The molecule has 0 unspecified atom stereocenters. The Morgan fingerprint density at radius 1 is 1.53 bits per heavy atom. The molecular weight excluding hydrogens is 225 g/mol. The molecule has 0 radical (unpaired) electrons. The molecule has 88 valence electrons. The van der Waals surface area contributed by atoms with E-state index in [2.05, 4.69) is 4.98 Å². The third-order valence-corrected chi connectivity index (χ3v) is 2.40. The number of carboxylic acid groups (broad SMARTS) is 1. The van der Waals surface area contributed by atoms with Gasteiger partial charge in [0.25, 0.3) is 0 Å². The molecule has 0 spiro atoms. The molecule has 0 saturated heterocycles. The number of pyridine rings is 1. The topological polar surface area (TPSA) is 59.4 Å². The third-order valence-electron chi connectivity index (χ3n) is 2.40. The minimum absolute atomic E-state index is 0.177. The number of nitrogens with zero attached hydrogens (tertiary/aromatic N) is 1. The van der Waals surface area contributed by atoms with E-state index in [4.69, 9.17) is 9.84 Å². The van der Waals surface area contributed by atoms with Crippen LogP contribution in [0.25, 0.3) is 10.9 Å². The van der Waals surface area contributed by atoms with Gasteiger partial charge in [0.2, 0.25) is 0 Å². The standard InChI is InChI=1S/C12H10FNO3/c1-17-12-7(4-11(15)16)6-14-10-5-8(13)2-3-9(10)12/h2-3,5-6H,4H2,1H3,(H,15,16). The highest BCUT2D eigenvalue weighted by molar-refractivity contribution is 5.87. The second kappa shape index (κ2) is 4.37. The van der Waals surface area contributed by atoms with Crippen molar-refractivity contribution in [3.05, 3.63) is 35.8 Å². The highest BCUT2D eigenvalue weighted by Crippen LogP contribution is 2.28. The first kappa shape index (κ1) is 11.3. The smallest absolute Gasteiger partial charge is 0.308 e. The lowest BCUT2D eigenvalue weighted by Crippen LogP contribution is -2.03. The van der Waals surface area contributed by atoms with Crippen LogP contribution in [0.2, 0.25) is 0 Å². The molecule has 1 aromatic carbocycles. The van der Waals surface area contributed by atoms with Gasteiger partial charge in [0.15, 0.2) is 0 Å². The van der Waals surface area contributed by atoms with Crippen LogP contribution in [-0.4, -0.2) is 23.2 Å². The Hall–Kier alpha value is -2.17. The van der Waals surface area contributed by atoms with Crippen LogP contribution >= 0.6 is 0 Å². The van der Waals surface area contributed by atoms with Crippen LogP contribution in [0.4, 0.5) is 4.39 Å². The normalized spacial score (nSPS) is 10.5. The van der Waals surface area contributed by atoms with Crippen LogP contribution in [0.5, 0.6) is 5.75 Å². The molecule has 0 aliphatic heterocycles. The minimum atomic E-state index is -0.966. The van der Waals surface area contributed by atoms with Crippen LogP contribution < -0.4 is 4.74 Å². The van der Waals surface area contributed by atoms with Crippen LogP contribution in [0.15, 0.2) is 24.4 Å². The average Bonchev–Trinajstić information content (AvgIpc) is 2.28. The van der Waals surface area contributed by atoms with E-state index in [0.29, 0.717) is 22.2 Å². The molecule has 1 heterocycles. The number of ether oxygens (including phenoxy) is 1. The van der Waals surface area contributed by atoms with Crippen molar-refractivity contribution in [3.8, 4) is 5.75 Å². The van der Waals surface area contributed by atoms with E-state index in [1.165, 1.54) is 31.5 Å². The Bertz CT molecular complexity index is 583. The van der Waals surface area contributed by atoms with E-state index in [1.807, 2.05) is 0 Å². The number of hydrogen-bond donors (Lipinski definition) is 1. The Morgan fingerprint density at radius 3 is 2.94 bits per heavy atom. The van der Waals surface area contributed by atoms with Gasteiger partial charge in [0.05, 0.1) is 19.0 Å². The van der Waals surface area contributed by atoms with Crippen LogP contribution in [0.1, 0.15) is 5.56 Å². The highest BCUT2D eigenvalue weighted by atomic mass is 19.1. The highest BCUT2D eigenvalue weighted by Gasteiger charge is 2.12. The van der Waals surface area contributed by atoms with Gasteiger partial charge in [-0.05, 0) is 12.1 Å². The maximum absolute atomic E-state index is 13.0. The summed E-state index contributed by atoms with van der Waals surface area (Å²) < 4.78 is 18.2. The maximum Gasteiger partial charge on any atom is 0.308 e. The quantitative estimate of drug-likeness (QED) is 0.884. The third kappa shape index (κ3) is 2.18.